The second-order valence-electron chi connectivity index (χ2n) is 5.95. The Morgan fingerprint density at radius 1 is 1.10 bits per heavy atom. The Morgan fingerprint density at radius 3 is 2.60 bits per heavy atom. The van der Waals surface area contributed by atoms with Crippen molar-refractivity contribution in [2.75, 3.05) is 13.1 Å². The summed E-state index contributed by atoms with van der Waals surface area (Å²) in [6.07, 6.45) is 6.86. The molecule has 0 amide bonds. The number of hydrazine groups is 1. The van der Waals surface area contributed by atoms with Crippen LogP contribution < -0.4 is 11.3 Å². The first-order valence-corrected chi connectivity index (χ1v) is 7.72. The number of benzene rings is 1. The smallest absolute Gasteiger partial charge is 0.213 e. The molecule has 1 heterocycles. The lowest BCUT2D eigenvalue weighted by Crippen LogP contribution is -2.51. The molecule has 3 rings (SSSR count). The molecule has 20 heavy (non-hydrogen) atoms. The van der Waals surface area contributed by atoms with E-state index in [2.05, 4.69) is 15.3 Å². The number of hydrogen-bond acceptors (Lipinski definition) is 2. The van der Waals surface area contributed by atoms with Crippen LogP contribution in [0.25, 0.3) is 0 Å². The zero-order valence-corrected chi connectivity index (χ0v) is 12.0. The van der Waals surface area contributed by atoms with E-state index in [1.54, 1.807) is 0 Å². The minimum Gasteiger partial charge on any atom is -0.341 e. The van der Waals surface area contributed by atoms with Crippen LogP contribution in [0, 0.1) is 11.8 Å². The number of fused-ring (bicyclic) bond motifs is 1. The van der Waals surface area contributed by atoms with Gasteiger partial charge >= 0.3 is 0 Å². The SMILES string of the molecule is NNC(=Nc1ccccc1)N1CCC2CCCCC2C1. The van der Waals surface area contributed by atoms with Gasteiger partial charge < -0.3 is 4.90 Å². The first-order chi connectivity index (χ1) is 9.86. The Balaban J connectivity index is 1.72. The molecule has 3 N–H and O–H groups in total. The molecule has 0 radical (unpaired) electrons. The summed E-state index contributed by atoms with van der Waals surface area (Å²) in [5.41, 5.74) is 3.74. The van der Waals surface area contributed by atoms with Crippen LogP contribution in [0.2, 0.25) is 0 Å². The molecule has 2 unspecified atom stereocenters. The number of nitrogens with one attached hydrogen (secondary N) is 1. The van der Waals surface area contributed by atoms with Gasteiger partial charge in [0.15, 0.2) is 0 Å². The number of piperidine rings is 1. The van der Waals surface area contributed by atoms with E-state index in [0.717, 1.165) is 36.6 Å². The van der Waals surface area contributed by atoms with E-state index in [0.29, 0.717) is 0 Å². The van der Waals surface area contributed by atoms with Crippen molar-refractivity contribution in [2.45, 2.75) is 32.1 Å². The summed E-state index contributed by atoms with van der Waals surface area (Å²) in [7, 11) is 0. The highest BCUT2D eigenvalue weighted by atomic mass is 15.4. The average molecular weight is 272 g/mol. The zero-order valence-electron chi connectivity index (χ0n) is 12.0. The number of rotatable bonds is 1. The molecule has 1 aliphatic carbocycles. The largest absolute Gasteiger partial charge is 0.341 e. The molecule has 2 fully saturated rings. The van der Waals surface area contributed by atoms with Crippen molar-refractivity contribution in [1.29, 1.82) is 0 Å². The van der Waals surface area contributed by atoms with Gasteiger partial charge in [-0.05, 0) is 36.8 Å². The molecule has 1 aromatic carbocycles. The highest BCUT2D eigenvalue weighted by molar-refractivity contribution is 5.82. The Bertz CT molecular complexity index is 457. The summed E-state index contributed by atoms with van der Waals surface area (Å²) in [6.45, 7) is 2.16. The second kappa shape index (κ2) is 6.27. The summed E-state index contributed by atoms with van der Waals surface area (Å²) in [5, 5.41) is 0. The minimum atomic E-state index is 0.806. The van der Waals surface area contributed by atoms with E-state index in [1.807, 2.05) is 30.3 Å². The fourth-order valence-electron chi connectivity index (χ4n) is 3.61. The van der Waals surface area contributed by atoms with Crippen LogP contribution in [0.4, 0.5) is 5.69 Å². The van der Waals surface area contributed by atoms with E-state index in [1.165, 1.54) is 32.1 Å². The topological polar surface area (TPSA) is 53.6 Å². The van der Waals surface area contributed by atoms with Gasteiger partial charge in [-0.3, -0.25) is 5.43 Å². The lowest BCUT2D eigenvalue weighted by atomic mass is 9.75. The summed E-state index contributed by atoms with van der Waals surface area (Å²) >= 11 is 0. The van der Waals surface area contributed by atoms with Crippen LogP contribution in [0.5, 0.6) is 0 Å². The Kier molecular flexibility index (Phi) is 4.21. The predicted octanol–water partition coefficient (Wildman–Crippen LogP) is 2.65. The van der Waals surface area contributed by atoms with Crippen LogP contribution >= 0.6 is 0 Å². The number of guanidine groups is 1. The molecule has 2 atom stereocenters. The number of hydrogen-bond donors (Lipinski definition) is 2. The van der Waals surface area contributed by atoms with E-state index in [9.17, 15) is 0 Å². The zero-order chi connectivity index (χ0) is 13.8. The van der Waals surface area contributed by atoms with Gasteiger partial charge in [-0.2, -0.15) is 0 Å². The number of nitrogens with zero attached hydrogens (tertiary/aromatic N) is 2. The van der Waals surface area contributed by atoms with E-state index in [4.69, 9.17) is 5.84 Å². The van der Waals surface area contributed by atoms with Crippen molar-refractivity contribution < 1.29 is 0 Å². The predicted molar refractivity (Wildman–Crippen MR) is 82.5 cm³/mol. The van der Waals surface area contributed by atoms with Crippen LogP contribution in [0.1, 0.15) is 32.1 Å². The third kappa shape index (κ3) is 2.96. The normalized spacial score (nSPS) is 27.1. The molecule has 1 aromatic rings. The van der Waals surface area contributed by atoms with Crippen LogP contribution in [0.15, 0.2) is 35.3 Å². The highest BCUT2D eigenvalue weighted by Gasteiger charge is 2.32. The van der Waals surface area contributed by atoms with Crippen molar-refractivity contribution in [3.05, 3.63) is 30.3 Å². The standard InChI is InChI=1S/C16H24N4/c17-19-16(18-15-8-2-1-3-9-15)20-11-10-13-6-4-5-7-14(13)12-20/h1-3,8-9,13-14H,4-7,10-12,17H2,(H,18,19). The number of likely N-dealkylation sites (tertiary alicyclic amines) is 1. The lowest BCUT2D eigenvalue weighted by molar-refractivity contribution is 0.128. The van der Waals surface area contributed by atoms with Gasteiger partial charge in [0.05, 0.1) is 5.69 Å². The molecule has 2 aliphatic rings. The molecular formula is C16H24N4. The van der Waals surface area contributed by atoms with Crippen LogP contribution in [0.3, 0.4) is 0 Å². The van der Waals surface area contributed by atoms with Gasteiger partial charge in [-0.25, -0.2) is 10.8 Å². The number of aliphatic imine (C=N–C) groups is 1. The molecule has 108 valence electrons. The molecule has 0 bridgehead atoms. The van der Waals surface area contributed by atoms with Gasteiger partial charge in [0, 0.05) is 13.1 Å². The fraction of sp³-hybridized carbons (Fsp3) is 0.562. The van der Waals surface area contributed by atoms with Crippen molar-refractivity contribution in [3.63, 3.8) is 0 Å². The molecule has 0 aromatic heterocycles. The summed E-state index contributed by atoms with van der Waals surface area (Å²) in [4.78, 5) is 6.96. The molecule has 1 saturated heterocycles. The number of para-hydroxylation sites is 1. The highest BCUT2D eigenvalue weighted by Crippen LogP contribution is 2.36. The molecule has 0 spiro atoms. The van der Waals surface area contributed by atoms with Gasteiger partial charge in [0.1, 0.15) is 0 Å². The fourth-order valence-corrected chi connectivity index (χ4v) is 3.61. The van der Waals surface area contributed by atoms with E-state index >= 15 is 0 Å². The van der Waals surface area contributed by atoms with Crippen molar-refractivity contribution in [3.8, 4) is 0 Å². The minimum absolute atomic E-state index is 0.806. The molecular weight excluding hydrogens is 248 g/mol. The van der Waals surface area contributed by atoms with Gasteiger partial charge in [-0.15, -0.1) is 0 Å². The molecule has 1 saturated carbocycles. The maximum Gasteiger partial charge on any atom is 0.213 e. The molecule has 4 heteroatoms. The van der Waals surface area contributed by atoms with E-state index < -0.39 is 0 Å². The van der Waals surface area contributed by atoms with Crippen LogP contribution in [-0.4, -0.2) is 23.9 Å². The van der Waals surface area contributed by atoms with Crippen LogP contribution in [-0.2, 0) is 0 Å². The first kappa shape index (κ1) is 13.4. The first-order valence-electron chi connectivity index (χ1n) is 7.72. The second-order valence-corrected chi connectivity index (χ2v) is 5.95. The van der Waals surface area contributed by atoms with Gasteiger partial charge in [0.25, 0.3) is 0 Å². The third-order valence-electron chi connectivity index (χ3n) is 4.71. The van der Waals surface area contributed by atoms with E-state index in [-0.39, 0.29) is 0 Å². The lowest BCUT2D eigenvalue weighted by Gasteiger charge is -2.42. The maximum absolute atomic E-state index is 5.70. The van der Waals surface area contributed by atoms with Crippen molar-refractivity contribution in [1.82, 2.24) is 10.3 Å². The quantitative estimate of drug-likeness (QED) is 0.358. The van der Waals surface area contributed by atoms with Crippen molar-refractivity contribution in [2.24, 2.45) is 22.7 Å². The summed E-state index contributed by atoms with van der Waals surface area (Å²) in [5.74, 6) is 8.26. The third-order valence-corrected chi connectivity index (χ3v) is 4.71. The van der Waals surface area contributed by atoms with Gasteiger partial charge in [-0.1, -0.05) is 37.5 Å². The number of nitrogens with two attached hydrogens (primary N) is 1. The van der Waals surface area contributed by atoms with Crippen molar-refractivity contribution >= 4 is 11.6 Å². The Morgan fingerprint density at radius 2 is 1.85 bits per heavy atom. The monoisotopic (exact) mass is 272 g/mol. The summed E-state index contributed by atoms with van der Waals surface area (Å²) in [6, 6.07) is 10.0. The average Bonchev–Trinajstić information content (AvgIpc) is 2.53. The summed E-state index contributed by atoms with van der Waals surface area (Å²) < 4.78 is 0. The molecule has 4 nitrogen and oxygen atoms in total. The Labute approximate surface area is 121 Å². The van der Waals surface area contributed by atoms with Gasteiger partial charge in [0.2, 0.25) is 5.96 Å². The maximum atomic E-state index is 5.70. The Hall–Kier alpha value is -1.55. The molecule has 1 aliphatic heterocycles.